The summed E-state index contributed by atoms with van der Waals surface area (Å²) in [4.78, 5) is 19.8. The fraction of sp³-hybridized carbons (Fsp3) is 0.182. The summed E-state index contributed by atoms with van der Waals surface area (Å²) in [5.74, 6) is 0.257. The van der Waals surface area contributed by atoms with E-state index in [1.54, 1.807) is 24.5 Å². The first-order valence-electron chi connectivity index (χ1n) is 9.11. The van der Waals surface area contributed by atoms with Gasteiger partial charge >= 0.3 is 0 Å². The highest BCUT2D eigenvalue weighted by atomic mass is 16.6. The normalized spacial score (nSPS) is 16.4. The van der Waals surface area contributed by atoms with Gasteiger partial charge in [-0.2, -0.15) is 0 Å². The van der Waals surface area contributed by atoms with Gasteiger partial charge in [-0.25, -0.2) is 0 Å². The third kappa shape index (κ3) is 2.46. The molecule has 1 unspecified atom stereocenters. The van der Waals surface area contributed by atoms with E-state index in [-0.39, 0.29) is 16.5 Å². The van der Waals surface area contributed by atoms with E-state index in [4.69, 9.17) is 0 Å². The summed E-state index contributed by atoms with van der Waals surface area (Å²) >= 11 is 0. The number of rotatable bonds is 2. The molecule has 0 bridgehead atoms. The quantitative estimate of drug-likeness (QED) is 0.283. The molecule has 0 saturated heterocycles. The van der Waals surface area contributed by atoms with Crippen LogP contribution in [0.3, 0.4) is 0 Å². The van der Waals surface area contributed by atoms with Gasteiger partial charge < -0.3 is 0 Å². The third-order valence-corrected chi connectivity index (χ3v) is 5.62. The monoisotopic (exact) mass is 355 g/mol. The Bertz CT molecular complexity index is 1190. The Morgan fingerprint density at radius 1 is 0.963 bits per heavy atom. The first-order chi connectivity index (χ1) is 13.2. The molecule has 132 valence electrons. The van der Waals surface area contributed by atoms with Crippen LogP contribution in [0, 0.1) is 10.1 Å². The smallest absolute Gasteiger partial charge is 0.261 e. The van der Waals surface area contributed by atoms with Crippen LogP contribution in [0.1, 0.15) is 35.6 Å². The van der Waals surface area contributed by atoms with Crippen LogP contribution in [0.25, 0.3) is 21.5 Å². The SMILES string of the molecule is O=[N+]([O-])c1cccc2c1ccc1c3c(ccc12)C(c1cnccn1)CCC3. The van der Waals surface area contributed by atoms with Crippen LogP contribution in [0.5, 0.6) is 0 Å². The molecule has 0 N–H and O–H groups in total. The molecule has 5 heteroatoms. The number of non-ortho nitro benzene ring substituents is 1. The Hall–Kier alpha value is -3.34. The van der Waals surface area contributed by atoms with Crippen LogP contribution < -0.4 is 0 Å². The number of aryl methyl sites for hydroxylation is 1. The molecule has 0 aliphatic heterocycles. The van der Waals surface area contributed by atoms with Crippen LogP contribution in [-0.4, -0.2) is 14.9 Å². The second kappa shape index (κ2) is 6.13. The first kappa shape index (κ1) is 15.9. The van der Waals surface area contributed by atoms with Crippen molar-refractivity contribution in [1.29, 1.82) is 0 Å². The van der Waals surface area contributed by atoms with E-state index < -0.39 is 0 Å². The molecule has 5 nitrogen and oxygen atoms in total. The van der Waals surface area contributed by atoms with Gasteiger partial charge in [0.2, 0.25) is 0 Å². The molecule has 1 aliphatic carbocycles. The fourth-order valence-electron chi connectivity index (χ4n) is 4.44. The lowest BCUT2D eigenvalue weighted by Gasteiger charge is -2.26. The number of benzene rings is 3. The van der Waals surface area contributed by atoms with Crippen molar-refractivity contribution in [3.05, 3.63) is 88.0 Å². The molecule has 1 aromatic heterocycles. The molecular weight excluding hydrogens is 338 g/mol. The summed E-state index contributed by atoms with van der Waals surface area (Å²) in [6.07, 6.45) is 8.48. The molecule has 27 heavy (non-hydrogen) atoms. The van der Waals surface area contributed by atoms with Crippen LogP contribution in [0.15, 0.2) is 61.1 Å². The zero-order valence-corrected chi connectivity index (χ0v) is 14.6. The predicted molar refractivity (Wildman–Crippen MR) is 105 cm³/mol. The number of nitro groups is 1. The number of nitro benzene ring substituents is 1. The van der Waals surface area contributed by atoms with Crippen molar-refractivity contribution in [1.82, 2.24) is 9.97 Å². The second-order valence-electron chi connectivity index (χ2n) is 7.00. The van der Waals surface area contributed by atoms with Crippen molar-refractivity contribution in [3.63, 3.8) is 0 Å². The van der Waals surface area contributed by atoms with Crippen molar-refractivity contribution in [3.8, 4) is 0 Å². The maximum absolute atomic E-state index is 11.4. The summed E-state index contributed by atoms with van der Waals surface area (Å²) in [6.45, 7) is 0. The van der Waals surface area contributed by atoms with Gasteiger partial charge in [0.1, 0.15) is 0 Å². The van der Waals surface area contributed by atoms with Crippen LogP contribution in [0.2, 0.25) is 0 Å². The molecule has 0 fully saturated rings. The molecular formula is C22H17N3O2. The average Bonchev–Trinajstić information content (AvgIpc) is 2.72. The maximum Gasteiger partial charge on any atom is 0.277 e. The van der Waals surface area contributed by atoms with E-state index in [0.29, 0.717) is 5.39 Å². The van der Waals surface area contributed by atoms with Gasteiger partial charge in [-0.05, 0) is 52.6 Å². The third-order valence-electron chi connectivity index (χ3n) is 5.62. The Balaban J connectivity index is 1.76. The molecule has 3 aromatic carbocycles. The minimum absolute atomic E-state index is 0.157. The van der Waals surface area contributed by atoms with Crippen molar-refractivity contribution in [2.45, 2.75) is 25.2 Å². The minimum Gasteiger partial charge on any atom is -0.261 e. The molecule has 1 atom stereocenters. The first-order valence-corrected chi connectivity index (χ1v) is 9.11. The Morgan fingerprint density at radius 3 is 2.59 bits per heavy atom. The average molecular weight is 355 g/mol. The summed E-state index contributed by atoms with van der Waals surface area (Å²) in [5.41, 5.74) is 3.81. The fourth-order valence-corrected chi connectivity index (χ4v) is 4.44. The Kier molecular flexibility index (Phi) is 3.60. The molecule has 0 radical (unpaired) electrons. The van der Waals surface area contributed by atoms with Gasteiger partial charge in [0.25, 0.3) is 5.69 Å². The topological polar surface area (TPSA) is 68.9 Å². The zero-order valence-electron chi connectivity index (χ0n) is 14.6. The van der Waals surface area contributed by atoms with E-state index in [9.17, 15) is 10.1 Å². The van der Waals surface area contributed by atoms with Crippen LogP contribution in [0.4, 0.5) is 5.69 Å². The van der Waals surface area contributed by atoms with Crippen LogP contribution >= 0.6 is 0 Å². The predicted octanol–water partition coefficient (Wildman–Crippen LogP) is 5.16. The standard InChI is InChI=1S/C22H17N3O2/c26-25(27)22-6-2-4-15-17-7-8-18-14(16(17)9-10-20(15)22)3-1-5-19(18)21-13-23-11-12-24-21/h2,4,6-13,19H,1,3,5H2. The highest BCUT2D eigenvalue weighted by Crippen LogP contribution is 2.41. The molecule has 0 spiro atoms. The van der Waals surface area contributed by atoms with Gasteiger partial charge in [-0.3, -0.25) is 20.1 Å². The van der Waals surface area contributed by atoms with E-state index in [2.05, 4.69) is 22.1 Å². The maximum atomic E-state index is 11.4. The van der Waals surface area contributed by atoms with Crippen molar-refractivity contribution in [2.75, 3.05) is 0 Å². The van der Waals surface area contributed by atoms with Crippen molar-refractivity contribution >= 4 is 27.2 Å². The molecule has 4 aromatic rings. The van der Waals surface area contributed by atoms with Gasteiger partial charge in [0.05, 0.1) is 16.0 Å². The number of aromatic nitrogens is 2. The van der Waals surface area contributed by atoms with E-state index in [1.807, 2.05) is 24.4 Å². The number of fused-ring (bicyclic) bond motifs is 5. The van der Waals surface area contributed by atoms with Gasteiger partial charge in [0, 0.05) is 30.6 Å². The molecule has 5 rings (SSSR count). The Labute approximate surface area is 155 Å². The lowest BCUT2D eigenvalue weighted by Crippen LogP contribution is -2.13. The van der Waals surface area contributed by atoms with Crippen molar-refractivity contribution in [2.24, 2.45) is 0 Å². The molecule has 0 saturated carbocycles. The summed E-state index contributed by atoms with van der Waals surface area (Å²) < 4.78 is 0. The molecule has 0 amide bonds. The highest BCUT2D eigenvalue weighted by molar-refractivity contribution is 6.11. The lowest BCUT2D eigenvalue weighted by atomic mass is 9.78. The molecule has 1 heterocycles. The highest BCUT2D eigenvalue weighted by Gasteiger charge is 2.25. The second-order valence-corrected chi connectivity index (χ2v) is 7.00. The van der Waals surface area contributed by atoms with E-state index in [0.717, 1.165) is 35.7 Å². The number of nitrogens with zero attached hydrogens (tertiary/aromatic N) is 3. The zero-order chi connectivity index (χ0) is 18.4. The summed E-state index contributed by atoms with van der Waals surface area (Å²) in [7, 11) is 0. The lowest BCUT2D eigenvalue weighted by molar-refractivity contribution is -0.383. The van der Waals surface area contributed by atoms with Gasteiger partial charge in [-0.15, -0.1) is 0 Å². The Morgan fingerprint density at radius 2 is 1.78 bits per heavy atom. The molecule has 1 aliphatic rings. The number of hydrogen-bond donors (Lipinski definition) is 0. The van der Waals surface area contributed by atoms with Gasteiger partial charge in [0.15, 0.2) is 0 Å². The van der Waals surface area contributed by atoms with Gasteiger partial charge in [-0.1, -0.05) is 30.3 Å². The van der Waals surface area contributed by atoms with E-state index in [1.165, 1.54) is 16.5 Å². The van der Waals surface area contributed by atoms with E-state index >= 15 is 0 Å². The number of hydrogen-bond acceptors (Lipinski definition) is 4. The summed E-state index contributed by atoms with van der Waals surface area (Å²) in [5, 5.41) is 15.3. The summed E-state index contributed by atoms with van der Waals surface area (Å²) in [6, 6.07) is 13.5. The largest absolute Gasteiger partial charge is 0.277 e. The minimum atomic E-state index is -0.309. The van der Waals surface area contributed by atoms with Crippen molar-refractivity contribution < 1.29 is 4.92 Å². The van der Waals surface area contributed by atoms with Crippen LogP contribution in [-0.2, 0) is 6.42 Å².